The maximum Gasteiger partial charge on any atom is 0.434 e. The van der Waals surface area contributed by atoms with Crippen LogP contribution in [0.1, 0.15) is 26.8 Å². The number of halogens is 3. The van der Waals surface area contributed by atoms with Crippen LogP contribution in [0.5, 0.6) is 0 Å². The molecule has 0 aliphatic carbocycles. The lowest BCUT2D eigenvalue weighted by Gasteiger charge is -2.15. The van der Waals surface area contributed by atoms with Gasteiger partial charge in [-0.25, -0.2) is 4.98 Å². The van der Waals surface area contributed by atoms with Crippen LogP contribution in [0.3, 0.4) is 0 Å². The lowest BCUT2D eigenvalue weighted by Crippen LogP contribution is -2.26. The van der Waals surface area contributed by atoms with Crippen molar-refractivity contribution >= 4 is 17.2 Å². The molecular weight excluding hydrogens is 293 g/mol. The number of H-pyrrole nitrogens is 1. The molecule has 2 heterocycles. The number of carbonyl (C=O) groups is 1. The number of carbonyl (C=O) groups excluding carboxylic acids is 1. The fourth-order valence-electron chi connectivity index (χ4n) is 1.56. The molecule has 9 heteroatoms. The Bertz CT molecular complexity index is 619. The van der Waals surface area contributed by atoms with Crippen molar-refractivity contribution in [2.24, 2.45) is 0 Å². The minimum atomic E-state index is -4.46. The summed E-state index contributed by atoms with van der Waals surface area (Å²) in [5, 5.41) is 7.54. The van der Waals surface area contributed by atoms with Gasteiger partial charge in [-0.05, 0) is 6.92 Å². The van der Waals surface area contributed by atoms with Gasteiger partial charge in [0, 0.05) is 18.1 Å². The first-order valence-corrected chi connectivity index (χ1v) is 6.44. The molecule has 2 rings (SSSR count). The van der Waals surface area contributed by atoms with Crippen LogP contribution in [0.15, 0.2) is 11.6 Å². The second kappa shape index (κ2) is 5.23. The van der Waals surface area contributed by atoms with E-state index in [4.69, 9.17) is 0 Å². The van der Waals surface area contributed by atoms with E-state index in [2.05, 4.69) is 15.2 Å². The second-order valence-corrected chi connectivity index (χ2v) is 5.14. The topological polar surface area (TPSA) is 61.9 Å². The van der Waals surface area contributed by atoms with Crippen molar-refractivity contribution in [2.45, 2.75) is 19.6 Å². The molecular formula is C11H11F3N4OS. The zero-order chi connectivity index (χ0) is 14.9. The molecule has 0 unspecified atom stereocenters. The van der Waals surface area contributed by atoms with Gasteiger partial charge in [-0.3, -0.25) is 9.89 Å². The minimum absolute atomic E-state index is 0.0181. The average molecular weight is 304 g/mol. The maximum atomic E-state index is 12.4. The maximum absolute atomic E-state index is 12.4. The van der Waals surface area contributed by atoms with Crippen LogP contribution in [-0.4, -0.2) is 33.0 Å². The van der Waals surface area contributed by atoms with Crippen molar-refractivity contribution in [2.75, 3.05) is 7.05 Å². The van der Waals surface area contributed by atoms with Gasteiger partial charge < -0.3 is 4.90 Å². The number of aromatic amines is 1. The van der Waals surface area contributed by atoms with Gasteiger partial charge in [-0.15, -0.1) is 11.3 Å². The number of nitrogens with one attached hydrogen (secondary N) is 1. The highest BCUT2D eigenvalue weighted by Gasteiger charge is 2.33. The van der Waals surface area contributed by atoms with Gasteiger partial charge in [0.1, 0.15) is 5.01 Å². The summed E-state index contributed by atoms with van der Waals surface area (Å²) < 4.78 is 37.3. The first kappa shape index (κ1) is 14.5. The second-order valence-electron chi connectivity index (χ2n) is 4.19. The molecule has 0 saturated carbocycles. The predicted octanol–water partition coefficient (Wildman–Crippen LogP) is 2.47. The fraction of sp³-hybridized carbons (Fsp3) is 0.364. The molecule has 1 amide bonds. The van der Waals surface area contributed by atoms with Gasteiger partial charge in [-0.1, -0.05) is 0 Å². The summed E-state index contributed by atoms with van der Waals surface area (Å²) in [6, 6.07) is 0. The van der Waals surface area contributed by atoms with Crippen LogP contribution in [0, 0.1) is 6.92 Å². The lowest BCUT2D eigenvalue weighted by molar-refractivity contribution is -0.140. The van der Waals surface area contributed by atoms with E-state index in [0.29, 0.717) is 11.3 Å². The Kier molecular flexibility index (Phi) is 3.80. The van der Waals surface area contributed by atoms with E-state index in [1.165, 1.54) is 18.1 Å². The van der Waals surface area contributed by atoms with E-state index < -0.39 is 11.9 Å². The van der Waals surface area contributed by atoms with Gasteiger partial charge in [0.2, 0.25) is 0 Å². The molecule has 0 atom stereocenters. The quantitative estimate of drug-likeness (QED) is 0.947. The molecule has 108 valence electrons. The number of amides is 1. The highest BCUT2D eigenvalue weighted by Crippen LogP contribution is 2.30. The number of rotatable bonds is 3. The number of thiazole rings is 1. The first-order valence-electron chi connectivity index (χ1n) is 5.56. The van der Waals surface area contributed by atoms with E-state index in [-0.39, 0.29) is 17.5 Å². The molecule has 0 radical (unpaired) electrons. The summed E-state index contributed by atoms with van der Waals surface area (Å²) in [4.78, 5) is 16.8. The van der Waals surface area contributed by atoms with E-state index in [9.17, 15) is 18.0 Å². The molecule has 0 aliphatic heterocycles. The van der Waals surface area contributed by atoms with Gasteiger partial charge >= 0.3 is 6.18 Å². The molecule has 0 aromatic carbocycles. The molecule has 0 saturated heterocycles. The Morgan fingerprint density at radius 1 is 1.50 bits per heavy atom. The zero-order valence-electron chi connectivity index (χ0n) is 10.7. The lowest BCUT2D eigenvalue weighted by atomic mass is 10.2. The van der Waals surface area contributed by atoms with Crippen molar-refractivity contribution in [3.8, 4) is 0 Å². The molecule has 2 aromatic rings. The summed E-state index contributed by atoms with van der Waals surface area (Å²) in [7, 11) is 1.50. The van der Waals surface area contributed by atoms with E-state index in [0.717, 1.165) is 16.7 Å². The number of hydrogen-bond acceptors (Lipinski definition) is 4. The van der Waals surface area contributed by atoms with E-state index in [1.807, 2.05) is 0 Å². The third-order valence-electron chi connectivity index (χ3n) is 2.62. The number of aryl methyl sites for hydroxylation is 1. The van der Waals surface area contributed by atoms with Gasteiger partial charge in [-0.2, -0.15) is 18.3 Å². The summed E-state index contributed by atoms with van der Waals surface area (Å²) in [5.41, 5.74) is 0.0647. The Balaban J connectivity index is 2.08. The Morgan fingerprint density at radius 3 is 2.70 bits per heavy atom. The molecule has 0 spiro atoms. The molecule has 0 aliphatic rings. The number of nitrogens with zero attached hydrogens (tertiary/aromatic N) is 3. The third kappa shape index (κ3) is 2.98. The summed E-state index contributed by atoms with van der Waals surface area (Å²) in [6.07, 6.45) is -3.07. The number of aromatic nitrogens is 3. The number of hydrogen-bond donors (Lipinski definition) is 1. The Labute approximate surface area is 116 Å². The molecule has 2 aromatic heterocycles. The van der Waals surface area contributed by atoms with Gasteiger partial charge in [0.05, 0.1) is 18.3 Å². The van der Waals surface area contributed by atoms with E-state index in [1.54, 1.807) is 6.92 Å². The van der Waals surface area contributed by atoms with Crippen LogP contribution >= 0.6 is 11.3 Å². The van der Waals surface area contributed by atoms with Crippen LogP contribution in [-0.2, 0) is 12.7 Å². The number of alkyl halides is 3. The predicted molar refractivity (Wildman–Crippen MR) is 66.2 cm³/mol. The SMILES string of the molecule is Cc1[nH]ncc1C(=O)N(C)Cc1nc(C(F)(F)F)cs1. The van der Waals surface area contributed by atoms with Crippen LogP contribution in [0.2, 0.25) is 0 Å². The minimum Gasteiger partial charge on any atom is -0.335 e. The van der Waals surface area contributed by atoms with E-state index >= 15 is 0 Å². The molecule has 5 nitrogen and oxygen atoms in total. The summed E-state index contributed by atoms with van der Waals surface area (Å²) in [6.45, 7) is 1.71. The third-order valence-corrected chi connectivity index (χ3v) is 3.46. The summed E-state index contributed by atoms with van der Waals surface area (Å²) in [5.74, 6) is -0.319. The average Bonchev–Trinajstić information content (AvgIpc) is 2.96. The zero-order valence-corrected chi connectivity index (χ0v) is 11.5. The van der Waals surface area contributed by atoms with Crippen molar-refractivity contribution in [1.82, 2.24) is 20.1 Å². The largest absolute Gasteiger partial charge is 0.434 e. The first-order chi connectivity index (χ1) is 9.29. The fourth-order valence-corrected chi connectivity index (χ4v) is 2.41. The molecule has 0 bridgehead atoms. The van der Waals surface area contributed by atoms with Crippen molar-refractivity contribution in [1.29, 1.82) is 0 Å². The standard InChI is InChI=1S/C11H11F3N4OS/c1-6-7(3-15-17-6)10(19)18(2)4-9-16-8(5-20-9)11(12,13)14/h3,5H,4H2,1-2H3,(H,15,17). The highest BCUT2D eigenvalue weighted by molar-refractivity contribution is 7.09. The van der Waals surface area contributed by atoms with Crippen LogP contribution in [0.4, 0.5) is 13.2 Å². The van der Waals surface area contributed by atoms with Gasteiger partial charge in [0.25, 0.3) is 5.91 Å². The Morgan fingerprint density at radius 2 is 2.20 bits per heavy atom. The molecule has 1 N–H and O–H groups in total. The van der Waals surface area contributed by atoms with Crippen LogP contribution in [0.25, 0.3) is 0 Å². The Hall–Kier alpha value is -1.90. The molecule has 0 fully saturated rings. The monoisotopic (exact) mass is 304 g/mol. The van der Waals surface area contributed by atoms with Crippen molar-refractivity contribution in [3.63, 3.8) is 0 Å². The molecule has 20 heavy (non-hydrogen) atoms. The van der Waals surface area contributed by atoms with Crippen LogP contribution < -0.4 is 0 Å². The normalized spacial score (nSPS) is 11.7. The van der Waals surface area contributed by atoms with Crippen molar-refractivity contribution in [3.05, 3.63) is 33.5 Å². The summed E-state index contributed by atoms with van der Waals surface area (Å²) >= 11 is 0.875. The van der Waals surface area contributed by atoms with Crippen molar-refractivity contribution < 1.29 is 18.0 Å². The highest BCUT2D eigenvalue weighted by atomic mass is 32.1. The van der Waals surface area contributed by atoms with Gasteiger partial charge in [0.15, 0.2) is 5.69 Å². The smallest absolute Gasteiger partial charge is 0.335 e.